The summed E-state index contributed by atoms with van der Waals surface area (Å²) in [6.45, 7) is 5.04. The minimum atomic E-state index is 0.285. The third kappa shape index (κ3) is 2.90. The highest BCUT2D eigenvalue weighted by atomic mass is 16.5. The van der Waals surface area contributed by atoms with Gasteiger partial charge in [-0.05, 0) is 31.6 Å². The van der Waals surface area contributed by atoms with Crippen molar-refractivity contribution in [2.75, 3.05) is 48.4 Å². The first-order valence-corrected chi connectivity index (χ1v) is 11.5. The molecule has 5 saturated heterocycles. The van der Waals surface area contributed by atoms with Crippen molar-refractivity contribution in [1.82, 2.24) is 24.8 Å². The second-order valence-electron chi connectivity index (χ2n) is 9.82. The number of aromatic nitrogens is 4. The molecule has 7 heterocycles. The Balaban J connectivity index is 1.26. The Labute approximate surface area is 181 Å². The van der Waals surface area contributed by atoms with E-state index in [-0.39, 0.29) is 5.95 Å². The van der Waals surface area contributed by atoms with Crippen LogP contribution in [0.1, 0.15) is 25.7 Å². The van der Waals surface area contributed by atoms with E-state index in [9.17, 15) is 0 Å². The molecule has 8 rings (SSSR count). The van der Waals surface area contributed by atoms with Crippen molar-refractivity contribution < 1.29 is 4.74 Å². The minimum absolute atomic E-state index is 0.285. The second kappa shape index (κ2) is 6.74. The monoisotopic (exact) mass is 420 g/mol. The van der Waals surface area contributed by atoms with Gasteiger partial charge in [-0.3, -0.25) is 4.90 Å². The normalized spacial score (nSPS) is 32.3. The third-order valence-corrected chi connectivity index (χ3v) is 7.94. The molecule has 9 nitrogen and oxygen atoms in total. The zero-order valence-corrected chi connectivity index (χ0v) is 17.6. The lowest BCUT2D eigenvalue weighted by molar-refractivity contribution is -0.0705. The van der Waals surface area contributed by atoms with E-state index in [0.29, 0.717) is 24.2 Å². The van der Waals surface area contributed by atoms with Crippen LogP contribution in [-0.2, 0) is 4.74 Å². The first kappa shape index (κ1) is 18.1. The van der Waals surface area contributed by atoms with Gasteiger partial charge < -0.3 is 20.3 Å². The van der Waals surface area contributed by atoms with Gasteiger partial charge in [-0.1, -0.05) is 0 Å². The number of piperazine rings is 1. The predicted molar refractivity (Wildman–Crippen MR) is 117 cm³/mol. The molecule has 2 atom stereocenters. The van der Waals surface area contributed by atoms with Crippen LogP contribution in [0.4, 0.5) is 17.7 Å². The van der Waals surface area contributed by atoms with E-state index < -0.39 is 0 Å². The van der Waals surface area contributed by atoms with Crippen molar-refractivity contribution in [2.24, 2.45) is 5.92 Å². The molecule has 2 unspecified atom stereocenters. The van der Waals surface area contributed by atoms with Crippen LogP contribution in [0.15, 0.2) is 18.5 Å². The molecule has 9 heteroatoms. The van der Waals surface area contributed by atoms with Gasteiger partial charge in [0.2, 0.25) is 11.9 Å². The van der Waals surface area contributed by atoms with Gasteiger partial charge >= 0.3 is 0 Å². The molecule has 5 aliphatic heterocycles. The van der Waals surface area contributed by atoms with E-state index in [0.717, 1.165) is 61.8 Å². The smallest absolute Gasteiger partial charge is 0.228 e. The van der Waals surface area contributed by atoms with Crippen molar-refractivity contribution >= 4 is 17.7 Å². The number of ether oxygens (including phenoxy) is 1. The summed E-state index contributed by atoms with van der Waals surface area (Å²) in [7, 11) is 0. The summed E-state index contributed by atoms with van der Waals surface area (Å²) < 4.78 is 5.45. The lowest BCUT2D eigenvalue weighted by Gasteiger charge is -2.47. The molecule has 2 N–H and O–H groups in total. The Morgan fingerprint density at radius 3 is 2.26 bits per heavy atom. The number of nitrogen functional groups attached to an aromatic ring is 1. The first-order chi connectivity index (χ1) is 15.2. The second-order valence-corrected chi connectivity index (χ2v) is 9.82. The maximum atomic E-state index is 5.72. The van der Waals surface area contributed by atoms with Crippen LogP contribution in [-0.4, -0.2) is 81.9 Å². The number of rotatable bonds is 4. The number of fused-ring (bicyclic) bond motifs is 3. The standard InChI is InChI=1S/C22H28N8O/c23-21-24-6-14(7-25-21)19-5-20(27-22(26-19)29-8-13-3-17(29)4-13)30-15-1-2-16(30)10-28(9-15)18-11-31-12-18/h5-7,13,15-18H,1-4,8-12H2,(H2,23,24,25). The molecule has 6 fully saturated rings. The fourth-order valence-electron chi connectivity index (χ4n) is 6.12. The average molecular weight is 421 g/mol. The van der Waals surface area contributed by atoms with Crippen LogP contribution >= 0.6 is 0 Å². The van der Waals surface area contributed by atoms with Gasteiger partial charge in [0.25, 0.3) is 0 Å². The maximum Gasteiger partial charge on any atom is 0.228 e. The summed E-state index contributed by atoms with van der Waals surface area (Å²) in [6, 6.07) is 4.34. The van der Waals surface area contributed by atoms with Crippen LogP contribution in [0.5, 0.6) is 0 Å². The lowest BCUT2D eigenvalue weighted by atomic mass is 9.86. The van der Waals surface area contributed by atoms with Crippen LogP contribution in [0, 0.1) is 5.92 Å². The van der Waals surface area contributed by atoms with E-state index in [2.05, 4.69) is 30.7 Å². The average Bonchev–Trinajstić information content (AvgIpc) is 3.39. The molecule has 1 aliphatic carbocycles. The van der Waals surface area contributed by atoms with Crippen molar-refractivity contribution in [3.63, 3.8) is 0 Å². The highest BCUT2D eigenvalue weighted by Gasteiger charge is 2.46. The molecular formula is C22H28N8O. The number of hydrogen-bond acceptors (Lipinski definition) is 9. The molecule has 162 valence electrons. The molecule has 31 heavy (non-hydrogen) atoms. The van der Waals surface area contributed by atoms with E-state index in [4.69, 9.17) is 20.4 Å². The molecule has 0 radical (unpaired) electrons. The minimum Gasteiger partial charge on any atom is -0.378 e. The SMILES string of the molecule is Nc1ncc(-c2cc(N3C4CCC3CN(C3COC3)C4)nc(N3CC4CC3C4)n2)cn1. The summed E-state index contributed by atoms with van der Waals surface area (Å²) in [6.07, 6.45) is 8.55. The number of nitrogens with two attached hydrogens (primary N) is 1. The number of likely N-dealkylation sites (tertiary alicyclic amines) is 1. The van der Waals surface area contributed by atoms with Crippen LogP contribution in [0.25, 0.3) is 11.3 Å². The van der Waals surface area contributed by atoms with Gasteiger partial charge in [-0.25, -0.2) is 15.0 Å². The molecular weight excluding hydrogens is 392 g/mol. The van der Waals surface area contributed by atoms with E-state index in [1.54, 1.807) is 12.4 Å². The quantitative estimate of drug-likeness (QED) is 0.782. The molecule has 6 aliphatic rings. The van der Waals surface area contributed by atoms with E-state index >= 15 is 0 Å². The Hall–Kier alpha value is -2.52. The lowest BCUT2D eigenvalue weighted by Crippen LogP contribution is -2.61. The van der Waals surface area contributed by atoms with E-state index in [1.807, 2.05) is 0 Å². The fraction of sp³-hybridized carbons (Fsp3) is 0.636. The van der Waals surface area contributed by atoms with Crippen molar-refractivity contribution in [3.8, 4) is 11.3 Å². The summed E-state index contributed by atoms with van der Waals surface area (Å²) in [5, 5.41) is 0. The molecule has 0 spiro atoms. The predicted octanol–water partition coefficient (Wildman–Crippen LogP) is 1.17. The van der Waals surface area contributed by atoms with Crippen LogP contribution in [0.3, 0.4) is 0 Å². The van der Waals surface area contributed by atoms with Gasteiger partial charge in [-0.2, -0.15) is 4.98 Å². The Kier molecular flexibility index (Phi) is 3.93. The van der Waals surface area contributed by atoms with Gasteiger partial charge in [0.1, 0.15) is 5.82 Å². The van der Waals surface area contributed by atoms with Gasteiger partial charge in [-0.15, -0.1) is 0 Å². The zero-order valence-electron chi connectivity index (χ0n) is 17.6. The summed E-state index contributed by atoms with van der Waals surface area (Å²) in [5.74, 6) is 3.01. The largest absolute Gasteiger partial charge is 0.378 e. The molecule has 2 aromatic rings. The van der Waals surface area contributed by atoms with Gasteiger partial charge in [0, 0.05) is 61.8 Å². The van der Waals surface area contributed by atoms with Crippen LogP contribution in [0.2, 0.25) is 0 Å². The Bertz CT molecular complexity index is 976. The van der Waals surface area contributed by atoms with Crippen molar-refractivity contribution in [1.29, 1.82) is 0 Å². The fourth-order valence-corrected chi connectivity index (χ4v) is 6.12. The molecule has 0 aromatic carbocycles. The highest BCUT2D eigenvalue weighted by Crippen LogP contribution is 2.43. The van der Waals surface area contributed by atoms with Gasteiger partial charge in [0.05, 0.1) is 24.9 Å². The maximum absolute atomic E-state index is 5.72. The van der Waals surface area contributed by atoms with Gasteiger partial charge in [0.15, 0.2) is 0 Å². The Morgan fingerprint density at radius 1 is 0.903 bits per heavy atom. The number of nitrogens with zero attached hydrogens (tertiary/aromatic N) is 7. The topological polar surface area (TPSA) is 96.5 Å². The van der Waals surface area contributed by atoms with Crippen molar-refractivity contribution in [2.45, 2.75) is 49.9 Å². The number of anilines is 3. The van der Waals surface area contributed by atoms with E-state index in [1.165, 1.54) is 25.7 Å². The Morgan fingerprint density at radius 2 is 1.65 bits per heavy atom. The first-order valence-electron chi connectivity index (χ1n) is 11.5. The summed E-state index contributed by atoms with van der Waals surface area (Å²) in [4.78, 5) is 26.1. The van der Waals surface area contributed by atoms with Crippen molar-refractivity contribution in [3.05, 3.63) is 18.5 Å². The molecule has 0 amide bonds. The number of hydrogen-bond donors (Lipinski definition) is 1. The summed E-state index contributed by atoms with van der Waals surface area (Å²) in [5.41, 5.74) is 7.50. The highest BCUT2D eigenvalue weighted by molar-refractivity contribution is 5.65. The zero-order chi connectivity index (χ0) is 20.5. The molecule has 1 saturated carbocycles. The molecule has 2 aromatic heterocycles. The third-order valence-electron chi connectivity index (χ3n) is 7.94. The summed E-state index contributed by atoms with van der Waals surface area (Å²) >= 11 is 0. The molecule has 4 bridgehead atoms. The van der Waals surface area contributed by atoms with Crippen LogP contribution < -0.4 is 15.5 Å².